The number of pyridine rings is 1. The second-order valence-electron chi connectivity index (χ2n) is 5.93. The van der Waals surface area contributed by atoms with Crippen LogP contribution in [0.15, 0.2) is 41.3 Å². The van der Waals surface area contributed by atoms with Crippen LogP contribution in [-0.2, 0) is 19.5 Å². The summed E-state index contributed by atoms with van der Waals surface area (Å²) in [5, 5.41) is 9.54. The van der Waals surface area contributed by atoms with Crippen LogP contribution in [0.4, 0.5) is 0 Å². The van der Waals surface area contributed by atoms with Crippen molar-refractivity contribution in [3.8, 4) is 5.75 Å². The van der Waals surface area contributed by atoms with Crippen molar-refractivity contribution >= 4 is 0 Å². The Hall–Kier alpha value is -2.07. The third-order valence-corrected chi connectivity index (χ3v) is 4.73. The van der Waals surface area contributed by atoms with Gasteiger partial charge in [-0.3, -0.25) is 9.69 Å². The van der Waals surface area contributed by atoms with E-state index < -0.39 is 0 Å². The molecule has 2 aliphatic rings. The maximum Gasteiger partial charge on any atom is 0.223 e. The molecule has 1 N–H and O–H groups in total. The first-order valence-corrected chi connectivity index (χ1v) is 7.46. The van der Waals surface area contributed by atoms with Crippen LogP contribution in [-0.4, -0.2) is 21.1 Å². The summed E-state index contributed by atoms with van der Waals surface area (Å²) < 4.78 is 1.99. The number of aromatic hydroxyl groups is 1. The lowest BCUT2D eigenvalue weighted by Gasteiger charge is -2.35. The summed E-state index contributed by atoms with van der Waals surface area (Å²) >= 11 is 0. The van der Waals surface area contributed by atoms with E-state index in [9.17, 15) is 9.90 Å². The number of hydrogen-bond donors (Lipinski definition) is 1. The van der Waals surface area contributed by atoms with Crippen LogP contribution in [0.25, 0.3) is 0 Å². The lowest BCUT2D eigenvalue weighted by atomic mass is 10.1. The van der Waals surface area contributed by atoms with E-state index in [4.69, 9.17) is 0 Å². The lowest BCUT2D eigenvalue weighted by Crippen LogP contribution is -2.37. The van der Waals surface area contributed by atoms with E-state index >= 15 is 0 Å². The predicted octanol–water partition coefficient (Wildman–Crippen LogP) is 2.06. The van der Waals surface area contributed by atoms with Crippen LogP contribution in [0.5, 0.6) is 5.75 Å². The zero-order valence-electron chi connectivity index (χ0n) is 11.8. The van der Waals surface area contributed by atoms with E-state index in [0.29, 0.717) is 6.04 Å². The highest BCUT2D eigenvalue weighted by Crippen LogP contribution is 2.37. The minimum absolute atomic E-state index is 0.154. The normalized spacial score (nSPS) is 21.0. The van der Waals surface area contributed by atoms with E-state index in [2.05, 4.69) is 29.2 Å². The Balaban J connectivity index is 1.65. The first kappa shape index (κ1) is 12.7. The first-order chi connectivity index (χ1) is 10.2. The summed E-state index contributed by atoms with van der Waals surface area (Å²) in [5.74, 6) is -0.154. The lowest BCUT2D eigenvalue weighted by molar-refractivity contribution is 0.153. The fourth-order valence-electron chi connectivity index (χ4n) is 3.65. The highest BCUT2D eigenvalue weighted by molar-refractivity contribution is 5.34. The molecule has 2 heterocycles. The third-order valence-electron chi connectivity index (χ3n) is 4.73. The molecule has 4 heteroatoms. The van der Waals surface area contributed by atoms with Crippen LogP contribution in [0.2, 0.25) is 0 Å². The maximum atomic E-state index is 11.6. The van der Waals surface area contributed by atoms with Crippen molar-refractivity contribution in [2.45, 2.75) is 32.0 Å². The summed E-state index contributed by atoms with van der Waals surface area (Å²) in [6.07, 6.45) is 3.86. The molecule has 0 saturated heterocycles. The number of nitrogens with zero attached hydrogens (tertiary/aromatic N) is 2. The average molecular weight is 282 g/mol. The molecule has 1 aromatic heterocycles. The molecule has 1 atom stereocenters. The molecule has 0 saturated carbocycles. The Morgan fingerprint density at radius 3 is 2.95 bits per heavy atom. The van der Waals surface area contributed by atoms with Crippen LogP contribution in [0, 0.1) is 0 Å². The molecule has 0 fully saturated rings. The molecule has 4 rings (SSSR count). The van der Waals surface area contributed by atoms with Gasteiger partial charge < -0.3 is 9.67 Å². The molecule has 1 aromatic carbocycles. The first-order valence-electron chi connectivity index (χ1n) is 7.46. The predicted molar refractivity (Wildman–Crippen MR) is 80.3 cm³/mol. The van der Waals surface area contributed by atoms with E-state index in [1.165, 1.54) is 11.1 Å². The topological polar surface area (TPSA) is 45.5 Å². The molecular weight excluding hydrogens is 264 g/mol. The highest BCUT2D eigenvalue weighted by Gasteiger charge is 2.29. The molecule has 4 nitrogen and oxygen atoms in total. The molecule has 0 amide bonds. The summed E-state index contributed by atoms with van der Waals surface area (Å²) in [7, 11) is 0. The second-order valence-corrected chi connectivity index (χ2v) is 5.93. The molecule has 0 bridgehead atoms. The van der Waals surface area contributed by atoms with E-state index in [1.54, 1.807) is 12.3 Å². The van der Waals surface area contributed by atoms with Crippen LogP contribution in [0.1, 0.15) is 29.3 Å². The molecule has 0 radical (unpaired) electrons. The average Bonchev–Trinajstić information content (AvgIpc) is 2.92. The third kappa shape index (κ3) is 2.07. The number of aryl methyl sites for hydroxylation is 1. The summed E-state index contributed by atoms with van der Waals surface area (Å²) in [5.41, 5.74) is 3.60. The molecule has 1 aliphatic heterocycles. The Morgan fingerprint density at radius 2 is 2.05 bits per heavy atom. The molecule has 1 unspecified atom stereocenters. The van der Waals surface area contributed by atoms with Gasteiger partial charge in [-0.1, -0.05) is 24.3 Å². The van der Waals surface area contributed by atoms with E-state index in [1.807, 2.05) is 4.57 Å². The summed E-state index contributed by atoms with van der Waals surface area (Å²) in [6.45, 7) is 2.55. The van der Waals surface area contributed by atoms with Crippen LogP contribution < -0.4 is 5.43 Å². The second kappa shape index (κ2) is 4.74. The minimum Gasteiger partial charge on any atom is -0.503 e. The van der Waals surface area contributed by atoms with Crippen molar-refractivity contribution < 1.29 is 5.11 Å². The van der Waals surface area contributed by atoms with Crippen molar-refractivity contribution in [1.29, 1.82) is 0 Å². The van der Waals surface area contributed by atoms with Crippen molar-refractivity contribution in [3.05, 3.63) is 63.6 Å². The van der Waals surface area contributed by atoms with Gasteiger partial charge >= 0.3 is 0 Å². The minimum atomic E-state index is -0.282. The van der Waals surface area contributed by atoms with Gasteiger partial charge in [-0.15, -0.1) is 0 Å². The zero-order chi connectivity index (χ0) is 14.4. The van der Waals surface area contributed by atoms with Gasteiger partial charge in [0.1, 0.15) is 0 Å². The highest BCUT2D eigenvalue weighted by atomic mass is 16.3. The molecule has 0 spiro atoms. The maximum absolute atomic E-state index is 11.6. The summed E-state index contributed by atoms with van der Waals surface area (Å²) in [6, 6.07) is 10.7. The van der Waals surface area contributed by atoms with E-state index in [0.717, 1.165) is 38.2 Å². The SMILES string of the molecule is O=c1cc2n(cc1O)CCN(C1CCc3ccccc31)C2. The molecule has 21 heavy (non-hydrogen) atoms. The number of benzene rings is 1. The van der Waals surface area contributed by atoms with Gasteiger partial charge in [0.15, 0.2) is 5.75 Å². The Bertz CT molecular complexity index is 751. The van der Waals surface area contributed by atoms with Crippen LogP contribution in [0.3, 0.4) is 0 Å². The fraction of sp³-hybridized carbons (Fsp3) is 0.353. The van der Waals surface area contributed by atoms with Gasteiger partial charge in [-0.2, -0.15) is 0 Å². The van der Waals surface area contributed by atoms with E-state index in [-0.39, 0.29) is 11.2 Å². The van der Waals surface area contributed by atoms with Gasteiger partial charge in [-0.25, -0.2) is 0 Å². The largest absolute Gasteiger partial charge is 0.503 e. The quantitative estimate of drug-likeness (QED) is 0.871. The van der Waals surface area contributed by atoms with Crippen molar-refractivity contribution in [2.24, 2.45) is 0 Å². The number of fused-ring (bicyclic) bond motifs is 2. The number of aromatic nitrogens is 1. The van der Waals surface area contributed by atoms with Crippen molar-refractivity contribution in [3.63, 3.8) is 0 Å². The zero-order valence-corrected chi connectivity index (χ0v) is 11.8. The van der Waals surface area contributed by atoms with Gasteiger partial charge in [0.25, 0.3) is 0 Å². The monoisotopic (exact) mass is 282 g/mol. The molecular formula is C17H18N2O2. The van der Waals surface area contributed by atoms with Gasteiger partial charge in [0.05, 0.1) is 6.20 Å². The van der Waals surface area contributed by atoms with Gasteiger partial charge in [-0.05, 0) is 24.0 Å². The molecule has 2 aromatic rings. The number of rotatable bonds is 1. The molecule has 108 valence electrons. The van der Waals surface area contributed by atoms with Gasteiger partial charge in [0.2, 0.25) is 5.43 Å². The Kier molecular flexibility index (Phi) is 2.86. The van der Waals surface area contributed by atoms with Crippen LogP contribution >= 0.6 is 0 Å². The molecule has 1 aliphatic carbocycles. The smallest absolute Gasteiger partial charge is 0.223 e. The van der Waals surface area contributed by atoms with Gasteiger partial charge in [0, 0.05) is 37.4 Å². The number of hydrogen-bond acceptors (Lipinski definition) is 3. The Morgan fingerprint density at radius 1 is 1.19 bits per heavy atom. The van der Waals surface area contributed by atoms with Crippen molar-refractivity contribution in [1.82, 2.24) is 9.47 Å². The summed E-state index contributed by atoms with van der Waals surface area (Å²) in [4.78, 5) is 14.1. The Labute approximate surface area is 123 Å². The standard InChI is InChI=1S/C17H18N2O2/c20-16-9-13-10-19(8-7-18(13)11-17(16)21)15-6-5-12-3-1-2-4-14(12)15/h1-4,9,11,15,21H,5-8,10H2. The van der Waals surface area contributed by atoms with Crippen molar-refractivity contribution in [2.75, 3.05) is 6.54 Å². The fourth-order valence-corrected chi connectivity index (χ4v) is 3.65.